The van der Waals surface area contributed by atoms with Gasteiger partial charge in [0.1, 0.15) is 5.51 Å². The number of hydrogen-bond acceptors (Lipinski definition) is 6. The number of piperidine rings is 1. The van der Waals surface area contributed by atoms with Crippen molar-refractivity contribution < 1.29 is 14.4 Å². The van der Waals surface area contributed by atoms with Crippen LogP contribution in [0.5, 0.6) is 0 Å². The number of nitrogens with one attached hydrogen (secondary N) is 2. The fraction of sp³-hybridized carbons (Fsp3) is 0.421. The van der Waals surface area contributed by atoms with Gasteiger partial charge in [-0.3, -0.25) is 14.4 Å². The van der Waals surface area contributed by atoms with Crippen molar-refractivity contribution in [3.63, 3.8) is 0 Å². The standard InChI is InChI=1S/C19H23N5O3S/c1-13-4-2-3-5-15(13)18(27)20-9-6-16(25)24-10-7-14(8-11-24)17(26)22-19-23-21-12-28-19/h2-5,12,14H,6-11H2,1H3,(H,20,27)(H,22,23,26). The van der Waals surface area contributed by atoms with Gasteiger partial charge in [-0.1, -0.05) is 29.5 Å². The summed E-state index contributed by atoms with van der Waals surface area (Å²) < 4.78 is 0. The summed E-state index contributed by atoms with van der Waals surface area (Å²) in [4.78, 5) is 38.5. The monoisotopic (exact) mass is 401 g/mol. The van der Waals surface area contributed by atoms with Gasteiger partial charge in [0.15, 0.2) is 0 Å². The second kappa shape index (κ2) is 9.41. The van der Waals surface area contributed by atoms with Crippen LogP contribution < -0.4 is 10.6 Å². The lowest BCUT2D eigenvalue weighted by atomic mass is 9.96. The lowest BCUT2D eigenvalue weighted by molar-refractivity contribution is -0.134. The molecule has 0 atom stereocenters. The van der Waals surface area contributed by atoms with Crippen LogP contribution in [0.2, 0.25) is 0 Å². The number of anilines is 1. The quantitative estimate of drug-likeness (QED) is 0.769. The number of carbonyl (C=O) groups is 3. The Morgan fingerprint density at radius 2 is 1.96 bits per heavy atom. The summed E-state index contributed by atoms with van der Waals surface area (Å²) in [5, 5.41) is 13.5. The smallest absolute Gasteiger partial charge is 0.251 e. The maximum absolute atomic E-state index is 12.4. The van der Waals surface area contributed by atoms with Crippen LogP contribution in [0.4, 0.5) is 5.13 Å². The van der Waals surface area contributed by atoms with Gasteiger partial charge in [0.2, 0.25) is 16.9 Å². The molecule has 2 aromatic rings. The molecule has 1 aromatic heterocycles. The van der Waals surface area contributed by atoms with Gasteiger partial charge in [0.25, 0.3) is 5.91 Å². The summed E-state index contributed by atoms with van der Waals surface area (Å²) in [7, 11) is 0. The Morgan fingerprint density at radius 1 is 1.21 bits per heavy atom. The number of aryl methyl sites for hydroxylation is 1. The minimum absolute atomic E-state index is 0.00642. The molecule has 0 unspecified atom stereocenters. The molecule has 8 nitrogen and oxygen atoms in total. The van der Waals surface area contributed by atoms with E-state index in [2.05, 4.69) is 20.8 Å². The molecule has 9 heteroatoms. The predicted molar refractivity (Wildman–Crippen MR) is 106 cm³/mol. The van der Waals surface area contributed by atoms with Gasteiger partial charge in [-0.15, -0.1) is 10.2 Å². The third-order valence-corrected chi connectivity index (χ3v) is 5.43. The van der Waals surface area contributed by atoms with Crippen molar-refractivity contribution in [3.05, 3.63) is 40.9 Å². The highest BCUT2D eigenvalue weighted by Gasteiger charge is 2.27. The van der Waals surface area contributed by atoms with Crippen molar-refractivity contribution >= 4 is 34.2 Å². The Hall–Kier alpha value is -2.81. The van der Waals surface area contributed by atoms with E-state index in [1.165, 1.54) is 11.3 Å². The molecule has 3 rings (SSSR count). The molecule has 2 N–H and O–H groups in total. The molecule has 0 bridgehead atoms. The Balaban J connectivity index is 1.38. The molecule has 148 valence electrons. The molecule has 0 spiro atoms. The maximum atomic E-state index is 12.4. The number of hydrogen-bond donors (Lipinski definition) is 2. The Morgan fingerprint density at radius 3 is 2.64 bits per heavy atom. The van der Waals surface area contributed by atoms with Crippen LogP contribution in [0.1, 0.15) is 35.2 Å². The minimum atomic E-state index is -0.169. The van der Waals surface area contributed by atoms with Crippen LogP contribution >= 0.6 is 11.3 Å². The summed E-state index contributed by atoms with van der Waals surface area (Å²) in [5.74, 6) is -0.380. The van der Waals surface area contributed by atoms with Gasteiger partial charge in [0, 0.05) is 37.5 Å². The number of likely N-dealkylation sites (tertiary alicyclic amines) is 1. The first kappa shape index (κ1) is 19.9. The van der Waals surface area contributed by atoms with Gasteiger partial charge in [-0.25, -0.2) is 0 Å². The first-order chi connectivity index (χ1) is 13.5. The molecule has 28 heavy (non-hydrogen) atoms. The Labute approximate surface area is 167 Å². The van der Waals surface area contributed by atoms with Crippen LogP contribution in [0.3, 0.4) is 0 Å². The van der Waals surface area contributed by atoms with Crippen molar-refractivity contribution in [2.75, 3.05) is 25.0 Å². The highest BCUT2D eigenvalue weighted by atomic mass is 32.1. The average molecular weight is 401 g/mol. The number of rotatable bonds is 6. The molecule has 1 aliphatic heterocycles. The van der Waals surface area contributed by atoms with E-state index in [0.717, 1.165) is 5.56 Å². The highest BCUT2D eigenvalue weighted by molar-refractivity contribution is 7.13. The van der Waals surface area contributed by atoms with Crippen LogP contribution in [0.25, 0.3) is 0 Å². The Bertz CT molecular complexity index is 832. The van der Waals surface area contributed by atoms with Gasteiger partial charge in [0.05, 0.1) is 0 Å². The van der Waals surface area contributed by atoms with Crippen LogP contribution in [0, 0.1) is 12.8 Å². The topological polar surface area (TPSA) is 104 Å². The number of amides is 3. The first-order valence-electron chi connectivity index (χ1n) is 9.23. The van der Waals surface area contributed by atoms with E-state index in [1.54, 1.807) is 16.5 Å². The molecule has 1 fully saturated rings. The highest BCUT2D eigenvalue weighted by Crippen LogP contribution is 2.20. The van der Waals surface area contributed by atoms with Gasteiger partial charge in [-0.05, 0) is 31.4 Å². The molecule has 0 saturated carbocycles. The summed E-state index contributed by atoms with van der Waals surface area (Å²) in [6.07, 6.45) is 1.48. The predicted octanol–water partition coefficient (Wildman–Crippen LogP) is 1.84. The molecular formula is C19H23N5O3S. The number of benzene rings is 1. The van der Waals surface area contributed by atoms with E-state index in [-0.39, 0.29) is 30.1 Å². The molecule has 3 amide bonds. The van der Waals surface area contributed by atoms with Gasteiger partial charge < -0.3 is 15.5 Å². The molecule has 1 aliphatic rings. The lowest BCUT2D eigenvalue weighted by Gasteiger charge is -2.31. The second-order valence-corrected chi connectivity index (χ2v) is 7.54. The van der Waals surface area contributed by atoms with Crippen molar-refractivity contribution in [1.82, 2.24) is 20.4 Å². The van der Waals surface area contributed by atoms with E-state index in [4.69, 9.17) is 0 Å². The zero-order chi connectivity index (χ0) is 19.9. The van der Waals surface area contributed by atoms with Crippen molar-refractivity contribution in [3.8, 4) is 0 Å². The average Bonchev–Trinajstić information content (AvgIpc) is 3.21. The number of aromatic nitrogens is 2. The fourth-order valence-electron chi connectivity index (χ4n) is 3.19. The molecule has 2 heterocycles. The van der Waals surface area contributed by atoms with Gasteiger partial charge in [-0.2, -0.15) is 0 Å². The molecule has 1 aromatic carbocycles. The lowest BCUT2D eigenvalue weighted by Crippen LogP contribution is -2.42. The van der Waals surface area contributed by atoms with Crippen molar-refractivity contribution in [2.45, 2.75) is 26.2 Å². The Kier molecular flexibility index (Phi) is 6.70. The normalized spacial score (nSPS) is 14.5. The fourth-order valence-corrected chi connectivity index (χ4v) is 3.64. The van der Waals surface area contributed by atoms with E-state index in [1.807, 2.05) is 25.1 Å². The summed E-state index contributed by atoms with van der Waals surface area (Å²) >= 11 is 1.28. The third kappa shape index (κ3) is 5.13. The van der Waals surface area contributed by atoms with Crippen molar-refractivity contribution in [1.29, 1.82) is 0 Å². The molecule has 0 radical (unpaired) electrons. The second-order valence-electron chi connectivity index (χ2n) is 6.71. The van der Waals surface area contributed by atoms with Crippen LogP contribution in [-0.4, -0.2) is 52.5 Å². The maximum Gasteiger partial charge on any atom is 0.251 e. The third-order valence-electron chi connectivity index (χ3n) is 4.82. The molecular weight excluding hydrogens is 378 g/mol. The summed E-state index contributed by atoms with van der Waals surface area (Å²) in [5.41, 5.74) is 3.09. The first-order valence-corrected chi connectivity index (χ1v) is 10.1. The van der Waals surface area contributed by atoms with Crippen LogP contribution in [-0.2, 0) is 9.59 Å². The van der Waals surface area contributed by atoms with Gasteiger partial charge >= 0.3 is 0 Å². The van der Waals surface area contributed by atoms with E-state index >= 15 is 0 Å². The van der Waals surface area contributed by atoms with Crippen LogP contribution in [0.15, 0.2) is 29.8 Å². The number of carbonyl (C=O) groups excluding carboxylic acids is 3. The largest absolute Gasteiger partial charge is 0.352 e. The summed E-state index contributed by atoms with van der Waals surface area (Å²) in [6, 6.07) is 7.35. The zero-order valence-corrected chi connectivity index (χ0v) is 16.5. The van der Waals surface area contributed by atoms with E-state index in [9.17, 15) is 14.4 Å². The SMILES string of the molecule is Cc1ccccc1C(=O)NCCC(=O)N1CCC(C(=O)Nc2nncs2)CC1. The summed E-state index contributed by atoms with van der Waals surface area (Å²) in [6.45, 7) is 3.26. The molecule has 1 saturated heterocycles. The molecule has 0 aliphatic carbocycles. The van der Waals surface area contributed by atoms with E-state index < -0.39 is 0 Å². The van der Waals surface area contributed by atoms with E-state index in [0.29, 0.717) is 43.2 Å². The van der Waals surface area contributed by atoms with Crippen molar-refractivity contribution in [2.24, 2.45) is 5.92 Å². The zero-order valence-electron chi connectivity index (χ0n) is 15.7. The minimum Gasteiger partial charge on any atom is -0.352 e. The number of nitrogens with zero attached hydrogens (tertiary/aromatic N) is 3.